The van der Waals surface area contributed by atoms with Crippen LogP contribution in [0.15, 0.2) is 12.2 Å². The highest BCUT2D eigenvalue weighted by Gasteiger charge is 2.28. The minimum atomic E-state index is -1.28. The Hall–Kier alpha value is -0.950. The van der Waals surface area contributed by atoms with Gasteiger partial charge < -0.3 is 25.7 Å². The Labute approximate surface area is 292 Å². The van der Waals surface area contributed by atoms with Crippen LogP contribution in [0.25, 0.3) is 0 Å². The Morgan fingerprint density at radius 2 is 0.872 bits per heavy atom. The van der Waals surface area contributed by atoms with E-state index in [1.807, 2.05) is 0 Å². The molecule has 0 fully saturated rings. The molecule has 4 unspecified atom stereocenters. The quantitative estimate of drug-likeness (QED) is 0.0335. The van der Waals surface area contributed by atoms with Crippen molar-refractivity contribution in [3.8, 4) is 0 Å². The lowest BCUT2D eigenvalue weighted by Crippen LogP contribution is -2.53. The number of hydrogen-bond acceptors (Lipinski definition) is 5. The third-order valence-electron chi connectivity index (χ3n) is 9.73. The highest BCUT2D eigenvalue weighted by molar-refractivity contribution is 5.80. The molecule has 0 aromatic carbocycles. The topological polar surface area (TPSA) is 110 Å². The summed E-state index contributed by atoms with van der Waals surface area (Å²) in [4.78, 5) is 12.4. The van der Waals surface area contributed by atoms with E-state index in [-0.39, 0.29) is 0 Å². The fraction of sp³-hybridized carbons (Fsp3) is 0.927. The Balaban J connectivity index is 3.74. The standard InChI is InChI=1S/C41H81NO5/c1-3-5-7-9-11-13-15-16-17-18-19-20-21-22-23-24-25-27-28-30-32-34-38(44)40(46)37(36-43)42-41(47)39(45)35-33-31-29-26-14-12-10-8-6-4-2/h27-28,37-40,43-46H,3-26,29-36H2,1-2H3,(H,42,47)/b28-27+. The molecule has 0 aromatic heterocycles. The predicted octanol–water partition coefficient (Wildman–Crippen LogP) is 10.2. The monoisotopic (exact) mass is 668 g/mol. The van der Waals surface area contributed by atoms with Gasteiger partial charge in [-0.1, -0.05) is 187 Å². The van der Waals surface area contributed by atoms with Gasteiger partial charge in [-0.3, -0.25) is 4.79 Å². The van der Waals surface area contributed by atoms with Gasteiger partial charge in [-0.15, -0.1) is 0 Å². The summed E-state index contributed by atoms with van der Waals surface area (Å²) in [6.45, 7) is 4.02. The van der Waals surface area contributed by atoms with Crippen molar-refractivity contribution in [2.24, 2.45) is 0 Å². The number of aliphatic hydroxyl groups is 4. The first-order chi connectivity index (χ1) is 23.0. The van der Waals surface area contributed by atoms with Crippen LogP contribution in [-0.4, -0.2) is 57.3 Å². The van der Waals surface area contributed by atoms with Crippen molar-refractivity contribution in [1.82, 2.24) is 5.32 Å². The number of carbonyl (C=O) groups is 1. The van der Waals surface area contributed by atoms with E-state index < -0.39 is 36.9 Å². The van der Waals surface area contributed by atoms with E-state index in [9.17, 15) is 25.2 Å². The lowest BCUT2D eigenvalue weighted by Gasteiger charge is -2.27. The van der Waals surface area contributed by atoms with Gasteiger partial charge >= 0.3 is 0 Å². The second-order valence-electron chi connectivity index (χ2n) is 14.3. The first-order valence-corrected chi connectivity index (χ1v) is 20.6. The molecular weight excluding hydrogens is 586 g/mol. The third kappa shape index (κ3) is 30.8. The summed E-state index contributed by atoms with van der Waals surface area (Å²) in [5.74, 6) is -0.594. The molecule has 0 heterocycles. The lowest BCUT2D eigenvalue weighted by molar-refractivity contribution is -0.132. The van der Waals surface area contributed by atoms with Gasteiger partial charge in [-0.05, 0) is 38.5 Å². The Bertz CT molecular complexity index is 672. The van der Waals surface area contributed by atoms with Gasteiger partial charge in [-0.2, -0.15) is 0 Å². The van der Waals surface area contributed by atoms with Crippen molar-refractivity contribution >= 4 is 5.91 Å². The van der Waals surface area contributed by atoms with Gasteiger partial charge in [0.2, 0.25) is 5.91 Å². The molecule has 1 amide bonds. The average Bonchev–Trinajstić information content (AvgIpc) is 3.07. The maximum Gasteiger partial charge on any atom is 0.249 e. The zero-order valence-electron chi connectivity index (χ0n) is 31.3. The first kappa shape index (κ1) is 46.0. The van der Waals surface area contributed by atoms with Crippen molar-refractivity contribution in [1.29, 1.82) is 0 Å². The van der Waals surface area contributed by atoms with Crippen LogP contribution in [0, 0.1) is 0 Å². The molecule has 0 spiro atoms. The molecule has 0 bridgehead atoms. The van der Waals surface area contributed by atoms with Crippen molar-refractivity contribution in [2.75, 3.05) is 6.61 Å². The molecule has 0 saturated heterocycles. The molecule has 0 rings (SSSR count). The third-order valence-corrected chi connectivity index (χ3v) is 9.73. The molecule has 0 aromatic rings. The van der Waals surface area contributed by atoms with Gasteiger partial charge in [0.15, 0.2) is 0 Å². The van der Waals surface area contributed by atoms with Crippen molar-refractivity contribution in [2.45, 2.75) is 237 Å². The second kappa shape index (κ2) is 36.3. The average molecular weight is 668 g/mol. The number of rotatable bonds is 37. The number of nitrogens with one attached hydrogen (secondary N) is 1. The number of amides is 1. The molecule has 0 aliphatic heterocycles. The summed E-state index contributed by atoms with van der Waals surface area (Å²) < 4.78 is 0. The molecule has 0 saturated carbocycles. The Kier molecular flexibility index (Phi) is 35.6. The summed E-state index contributed by atoms with van der Waals surface area (Å²) in [6, 6.07) is -0.995. The van der Waals surface area contributed by atoms with E-state index in [2.05, 4.69) is 31.3 Å². The zero-order chi connectivity index (χ0) is 34.6. The number of carbonyl (C=O) groups excluding carboxylic acids is 1. The maximum atomic E-state index is 12.4. The van der Waals surface area contributed by atoms with Crippen LogP contribution in [0.2, 0.25) is 0 Å². The molecule has 6 nitrogen and oxygen atoms in total. The van der Waals surface area contributed by atoms with E-state index in [0.29, 0.717) is 12.8 Å². The number of aliphatic hydroxyl groups excluding tert-OH is 4. The summed E-state index contributed by atoms with van der Waals surface area (Å²) in [6.07, 6.45) is 38.2. The highest BCUT2D eigenvalue weighted by Crippen LogP contribution is 2.16. The molecule has 47 heavy (non-hydrogen) atoms. The van der Waals surface area contributed by atoms with E-state index in [0.717, 1.165) is 38.5 Å². The van der Waals surface area contributed by atoms with E-state index >= 15 is 0 Å². The zero-order valence-corrected chi connectivity index (χ0v) is 31.3. The van der Waals surface area contributed by atoms with Crippen LogP contribution in [0.3, 0.4) is 0 Å². The molecule has 4 atom stereocenters. The van der Waals surface area contributed by atoms with Crippen molar-refractivity contribution in [3.63, 3.8) is 0 Å². The van der Waals surface area contributed by atoms with E-state index in [1.54, 1.807) is 0 Å². The normalized spacial score (nSPS) is 14.4. The Morgan fingerprint density at radius 1 is 0.511 bits per heavy atom. The minimum Gasteiger partial charge on any atom is -0.394 e. The van der Waals surface area contributed by atoms with Crippen molar-refractivity contribution in [3.05, 3.63) is 12.2 Å². The van der Waals surface area contributed by atoms with Gasteiger partial charge in [-0.25, -0.2) is 0 Å². The molecule has 0 aliphatic rings. The number of unbranched alkanes of at least 4 members (excludes halogenated alkanes) is 26. The van der Waals surface area contributed by atoms with Crippen molar-refractivity contribution < 1.29 is 25.2 Å². The fourth-order valence-electron chi connectivity index (χ4n) is 6.40. The largest absolute Gasteiger partial charge is 0.394 e. The smallest absolute Gasteiger partial charge is 0.249 e. The minimum absolute atomic E-state index is 0.366. The molecule has 5 N–H and O–H groups in total. The second-order valence-corrected chi connectivity index (χ2v) is 14.3. The van der Waals surface area contributed by atoms with E-state index in [1.165, 1.54) is 148 Å². The highest BCUT2D eigenvalue weighted by atomic mass is 16.3. The first-order valence-electron chi connectivity index (χ1n) is 20.6. The Morgan fingerprint density at radius 3 is 1.28 bits per heavy atom. The molecule has 6 heteroatoms. The fourth-order valence-corrected chi connectivity index (χ4v) is 6.40. The predicted molar refractivity (Wildman–Crippen MR) is 201 cm³/mol. The number of allylic oxidation sites excluding steroid dienone is 2. The van der Waals surface area contributed by atoms with Gasteiger partial charge in [0.1, 0.15) is 12.2 Å². The van der Waals surface area contributed by atoms with Gasteiger partial charge in [0.05, 0.1) is 18.8 Å². The summed E-state index contributed by atoms with van der Waals surface area (Å²) in [7, 11) is 0. The summed E-state index contributed by atoms with van der Waals surface area (Å²) in [5.41, 5.74) is 0. The molecule has 0 aliphatic carbocycles. The van der Waals surface area contributed by atoms with Crippen LogP contribution < -0.4 is 5.32 Å². The van der Waals surface area contributed by atoms with Crippen LogP contribution in [0.4, 0.5) is 0 Å². The number of hydrogen-bond donors (Lipinski definition) is 5. The molecule has 280 valence electrons. The summed E-state index contributed by atoms with van der Waals surface area (Å²) in [5, 5.41) is 43.4. The van der Waals surface area contributed by atoms with E-state index in [4.69, 9.17) is 0 Å². The van der Waals surface area contributed by atoms with Crippen LogP contribution >= 0.6 is 0 Å². The van der Waals surface area contributed by atoms with Crippen LogP contribution in [0.1, 0.15) is 213 Å². The van der Waals surface area contributed by atoms with Gasteiger partial charge in [0.25, 0.3) is 0 Å². The van der Waals surface area contributed by atoms with Crippen LogP contribution in [-0.2, 0) is 4.79 Å². The molecular formula is C41H81NO5. The van der Waals surface area contributed by atoms with Gasteiger partial charge in [0, 0.05) is 0 Å². The van der Waals surface area contributed by atoms with Crippen LogP contribution in [0.5, 0.6) is 0 Å². The molecule has 0 radical (unpaired) electrons. The maximum absolute atomic E-state index is 12.4. The summed E-state index contributed by atoms with van der Waals surface area (Å²) >= 11 is 0. The lowest BCUT2D eigenvalue weighted by atomic mass is 10.00. The SMILES string of the molecule is CCCCCCCCCCCCCCCCCC/C=C/CCCC(O)C(O)C(CO)NC(=O)C(O)CCCCCCCCCCCC.